The zero-order valence-corrected chi connectivity index (χ0v) is 18.7. The number of piperidine rings is 1. The number of benzene rings is 2. The number of ether oxygens (including phenoxy) is 3. The zero-order valence-electron chi connectivity index (χ0n) is 18.7. The third-order valence-electron chi connectivity index (χ3n) is 5.46. The average Bonchev–Trinajstić information content (AvgIpc) is 2.82. The summed E-state index contributed by atoms with van der Waals surface area (Å²) in [5.74, 6) is -1.59. The van der Waals surface area contributed by atoms with Crippen molar-refractivity contribution in [2.75, 3.05) is 44.6 Å². The fourth-order valence-corrected chi connectivity index (χ4v) is 3.89. The maximum atomic E-state index is 13.3. The Kier molecular flexibility index (Phi) is 7.21. The first kappa shape index (κ1) is 23.6. The van der Waals surface area contributed by atoms with Crippen LogP contribution >= 0.6 is 0 Å². The van der Waals surface area contributed by atoms with Crippen molar-refractivity contribution in [1.82, 2.24) is 0 Å². The van der Waals surface area contributed by atoms with E-state index in [0.29, 0.717) is 11.4 Å². The molecule has 11 nitrogen and oxygen atoms in total. The molecule has 0 aliphatic carbocycles. The molecule has 1 aliphatic heterocycles. The number of hydrogen-bond acceptors (Lipinski definition) is 8. The summed E-state index contributed by atoms with van der Waals surface area (Å²) in [6.07, 6.45) is 3.09. The van der Waals surface area contributed by atoms with E-state index in [1.54, 1.807) is 12.1 Å². The second kappa shape index (κ2) is 10.1. The van der Waals surface area contributed by atoms with E-state index in [1.807, 2.05) is 0 Å². The zero-order chi connectivity index (χ0) is 24.1. The Hall–Kier alpha value is -4.02. The lowest BCUT2D eigenvalue weighted by Gasteiger charge is -2.30. The first-order chi connectivity index (χ1) is 15.8. The Morgan fingerprint density at radius 2 is 1.70 bits per heavy atom. The molecule has 0 radical (unpaired) electrons. The lowest BCUT2D eigenvalue weighted by molar-refractivity contribution is -0.386. The molecule has 176 valence electrons. The van der Waals surface area contributed by atoms with Gasteiger partial charge in [-0.3, -0.25) is 19.7 Å². The van der Waals surface area contributed by atoms with E-state index in [0.717, 1.165) is 32.4 Å². The summed E-state index contributed by atoms with van der Waals surface area (Å²) in [6, 6.07) is 5.98. The highest BCUT2D eigenvalue weighted by atomic mass is 16.6. The molecule has 0 atom stereocenters. The van der Waals surface area contributed by atoms with Crippen LogP contribution in [0.2, 0.25) is 0 Å². The van der Waals surface area contributed by atoms with E-state index in [9.17, 15) is 19.7 Å². The number of nitro groups is 1. The molecule has 3 rings (SSSR count). The minimum atomic E-state index is -0.777. The molecule has 2 aromatic carbocycles. The summed E-state index contributed by atoms with van der Waals surface area (Å²) in [7, 11) is 3.89. The average molecular weight is 458 g/mol. The minimum Gasteiger partial charge on any atom is -0.493 e. The highest BCUT2D eigenvalue weighted by Gasteiger charge is 2.33. The van der Waals surface area contributed by atoms with Crippen molar-refractivity contribution in [3.8, 4) is 17.2 Å². The Bertz CT molecular complexity index is 1080. The van der Waals surface area contributed by atoms with E-state index < -0.39 is 22.4 Å². The quantitative estimate of drug-likeness (QED) is 0.453. The first-order valence-corrected chi connectivity index (χ1v) is 10.3. The summed E-state index contributed by atoms with van der Waals surface area (Å²) in [5.41, 5.74) is 5.78. The van der Waals surface area contributed by atoms with Crippen molar-refractivity contribution < 1.29 is 28.7 Å². The molecule has 2 amide bonds. The molecule has 11 heteroatoms. The Morgan fingerprint density at radius 1 is 1.03 bits per heavy atom. The van der Waals surface area contributed by atoms with Crippen LogP contribution in [0.5, 0.6) is 17.2 Å². The van der Waals surface area contributed by atoms with Crippen molar-refractivity contribution in [1.29, 1.82) is 0 Å². The number of methoxy groups -OCH3 is 3. The number of amides is 2. The number of nitro benzene ring substituents is 1. The number of carbonyl (C=O) groups is 2. The summed E-state index contributed by atoms with van der Waals surface area (Å²) in [6.45, 7) is 1.56. The van der Waals surface area contributed by atoms with Gasteiger partial charge < -0.3 is 30.2 Å². The molecule has 3 N–H and O–H groups in total. The van der Waals surface area contributed by atoms with Crippen LogP contribution in [0.1, 0.15) is 40.0 Å². The lowest BCUT2D eigenvalue weighted by Crippen LogP contribution is -2.30. The van der Waals surface area contributed by atoms with Crippen LogP contribution in [0.25, 0.3) is 0 Å². The third kappa shape index (κ3) is 4.76. The van der Waals surface area contributed by atoms with Crippen molar-refractivity contribution in [3.63, 3.8) is 0 Å². The van der Waals surface area contributed by atoms with Gasteiger partial charge in [-0.1, -0.05) is 0 Å². The fraction of sp³-hybridized carbons (Fsp3) is 0.364. The third-order valence-corrected chi connectivity index (χ3v) is 5.46. The normalized spacial score (nSPS) is 13.2. The first-order valence-electron chi connectivity index (χ1n) is 10.3. The second-order valence-electron chi connectivity index (χ2n) is 7.40. The Morgan fingerprint density at radius 3 is 2.24 bits per heavy atom. The van der Waals surface area contributed by atoms with Crippen LogP contribution < -0.4 is 30.2 Å². The molecule has 0 bridgehead atoms. The van der Waals surface area contributed by atoms with Gasteiger partial charge in [-0.05, 0) is 37.5 Å². The Balaban J connectivity index is 2.11. The van der Waals surface area contributed by atoms with Gasteiger partial charge in [-0.25, -0.2) is 0 Å². The molecule has 0 saturated carbocycles. The summed E-state index contributed by atoms with van der Waals surface area (Å²) < 4.78 is 15.6. The molecule has 1 heterocycles. The van der Waals surface area contributed by atoms with E-state index in [2.05, 4.69) is 10.2 Å². The molecule has 0 spiro atoms. The summed E-state index contributed by atoms with van der Waals surface area (Å²) in [5, 5.41) is 14.6. The monoisotopic (exact) mass is 458 g/mol. The minimum absolute atomic E-state index is 0.00650. The maximum Gasteiger partial charge on any atom is 0.327 e. The summed E-state index contributed by atoms with van der Waals surface area (Å²) >= 11 is 0. The number of nitrogens with two attached hydrogens (primary N) is 1. The van der Waals surface area contributed by atoms with Gasteiger partial charge in [-0.15, -0.1) is 0 Å². The van der Waals surface area contributed by atoms with Gasteiger partial charge in [0.1, 0.15) is 5.56 Å². The summed E-state index contributed by atoms with van der Waals surface area (Å²) in [4.78, 5) is 38.3. The maximum absolute atomic E-state index is 13.3. The topological polar surface area (TPSA) is 146 Å². The van der Waals surface area contributed by atoms with Crippen LogP contribution in [-0.4, -0.2) is 51.2 Å². The SMILES string of the molecule is COc1cc(C(=O)Nc2cc(C(N)=O)ccc2N2CCCCC2)c([N+](=O)[O-])c(OC)c1OC. The van der Waals surface area contributed by atoms with Crippen molar-refractivity contribution in [3.05, 3.63) is 45.5 Å². The molecule has 1 saturated heterocycles. The number of primary amides is 1. The number of hydrogen-bond donors (Lipinski definition) is 2. The van der Waals surface area contributed by atoms with E-state index in [4.69, 9.17) is 19.9 Å². The van der Waals surface area contributed by atoms with Crippen molar-refractivity contribution in [2.24, 2.45) is 5.73 Å². The van der Waals surface area contributed by atoms with Gasteiger partial charge in [-0.2, -0.15) is 0 Å². The highest BCUT2D eigenvalue weighted by molar-refractivity contribution is 6.10. The van der Waals surface area contributed by atoms with Crippen LogP contribution in [0.15, 0.2) is 24.3 Å². The molecule has 0 unspecified atom stereocenters. The molecular formula is C22H26N4O7. The Labute approximate surface area is 190 Å². The number of carbonyl (C=O) groups excluding carboxylic acids is 2. The van der Waals surface area contributed by atoms with Gasteiger partial charge in [0, 0.05) is 24.7 Å². The molecule has 0 aromatic heterocycles. The number of nitrogens with zero attached hydrogens (tertiary/aromatic N) is 2. The van der Waals surface area contributed by atoms with Crippen molar-refractivity contribution >= 4 is 28.9 Å². The highest BCUT2D eigenvalue weighted by Crippen LogP contribution is 2.46. The van der Waals surface area contributed by atoms with Crippen LogP contribution in [0.4, 0.5) is 17.1 Å². The number of nitrogens with one attached hydrogen (secondary N) is 1. The van der Waals surface area contributed by atoms with Gasteiger partial charge in [0.05, 0.1) is 37.6 Å². The van der Waals surface area contributed by atoms with Crippen LogP contribution in [0.3, 0.4) is 0 Å². The molecule has 2 aromatic rings. The molecular weight excluding hydrogens is 432 g/mol. The number of anilines is 2. The molecule has 33 heavy (non-hydrogen) atoms. The standard InChI is InChI=1S/C22H26N4O7/c1-31-17-12-14(18(26(29)30)20(33-3)19(17)32-2)22(28)24-15-11-13(21(23)27)7-8-16(15)25-9-5-4-6-10-25/h7-8,11-12H,4-6,9-10H2,1-3H3,(H2,23,27)(H,24,28). The van der Waals surface area contributed by atoms with Gasteiger partial charge in [0.15, 0.2) is 5.75 Å². The van der Waals surface area contributed by atoms with Gasteiger partial charge in [0.25, 0.3) is 5.91 Å². The largest absolute Gasteiger partial charge is 0.493 e. The van der Waals surface area contributed by atoms with Crippen LogP contribution in [0, 0.1) is 10.1 Å². The fourth-order valence-electron chi connectivity index (χ4n) is 3.89. The van der Waals surface area contributed by atoms with Gasteiger partial charge in [0.2, 0.25) is 17.4 Å². The van der Waals surface area contributed by atoms with Crippen molar-refractivity contribution in [2.45, 2.75) is 19.3 Å². The predicted octanol–water partition coefficient (Wildman–Crippen LogP) is 2.96. The predicted molar refractivity (Wildman–Crippen MR) is 122 cm³/mol. The second-order valence-corrected chi connectivity index (χ2v) is 7.40. The molecule has 1 aliphatic rings. The van der Waals surface area contributed by atoms with E-state index >= 15 is 0 Å². The number of rotatable bonds is 8. The van der Waals surface area contributed by atoms with Gasteiger partial charge >= 0.3 is 5.69 Å². The smallest absolute Gasteiger partial charge is 0.327 e. The van der Waals surface area contributed by atoms with Crippen LogP contribution in [-0.2, 0) is 0 Å². The van der Waals surface area contributed by atoms with E-state index in [-0.39, 0.29) is 28.4 Å². The van der Waals surface area contributed by atoms with E-state index in [1.165, 1.54) is 33.5 Å². The lowest BCUT2D eigenvalue weighted by atomic mass is 10.1. The molecule has 1 fully saturated rings.